The predicted octanol–water partition coefficient (Wildman–Crippen LogP) is 3.36. The van der Waals surface area contributed by atoms with Gasteiger partial charge in [0, 0.05) is 5.69 Å². The number of imidazole rings is 1. The summed E-state index contributed by atoms with van der Waals surface area (Å²) < 4.78 is 5.27. The van der Waals surface area contributed by atoms with Crippen LogP contribution in [-0.4, -0.2) is 27.9 Å². The SMILES string of the molecule is Cc1cc(C)cc(NC(=O)C(C)OC(=O)c2ccc3nc[nH]c3c2)c1. The summed E-state index contributed by atoms with van der Waals surface area (Å²) in [5.41, 5.74) is 4.65. The van der Waals surface area contributed by atoms with Crippen LogP contribution < -0.4 is 5.32 Å². The molecule has 2 aromatic carbocycles. The van der Waals surface area contributed by atoms with Gasteiger partial charge < -0.3 is 15.0 Å². The van der Waals surface area contributed by atoms with Crippen LogP contribution in [0.15, 0.2) is 42.7 Å². The summed E-state index contributed by atoms with van der Waals surface area (Å²) in [4.78, 5) is 31.6. The van der Waals surface area contributed by atoms with Crippen LogP contribution >= 0.6 is 0 Å². The number of fused-ring (bicyclic) bond motifs is 1. The van der Waals surface area contributed by atoms with Gasteiger partial charge in [0.15, 0.2) is 6.10 Å². The quantitative estimate of drug-likeness (QED) is 0.715. The first-order valence-electron chi connectivity index (χ1n) is 7.95. The van der Waals surface area contributed by atoms with E-state index in [0.29, 0.717) is 11.3 Å². The molecule has 3 rings (SSSR count). The zero-order valence-electron chi connectivity index (χ0n) is 14.3. The van der Waals surface area contributed by atoms with Crippen molar-refractivity contribution in [3.05, 3.63) is 59.4 Å². The molecule has 3 aromatic rings. The number of rotatable bonds is 4. The van der Waals surface area contributed by atoms with E-state index in [1.807, 2.05) is 32.0 Å². The van der Waals surface area contributed by atoms with Crippen molar-refractivity contribution in [1.82, 2.24) is 9.97 Å². The Balaban J connectivity index is 1.66. The minimum atomic E-state index is -0.911. The minimum absolute atomic E-state index is 0.364. The lowest BCUT2D eigenvalue weighted by Gasteiger charge is -2.14. The number of ether oxygens (including phenoxy) is 1. The van der Waals surface area contributed by atoms with Crippen molar-refractivity contribution in [2.24, 2.45) is 0 Å². The predicted molar refractivity (Wildman–Crippen MR) is 95.5 cm³/mol. The number of carbonyl (C=O) groups excluding carboxylic acids is 2. The van der Waals surface area contributed by atoms with E-state index in [1.165, 1.54) is 0 Å². The van der Waals surface area contributed by atoms with Crippen LogP contribution in [0.1, 0.15) is 28.4 Å². The van der Waals surface area contributed by atoms with E-state index in [4.69, 9.17) is 4.74 Å². The van der Waals surface area contributed by atoms with Crippen LogP contribution in [-0.2, 0) is 9.53 Å². The molecule has 25 heavy (non-hydrogen) atoms. The highest BCUT2D eigenvalue weighted by atomic mass is 16.5. The lowest BCUT2D eigenvalue weighted by atomic mass is 10.1. The number of hydrogen-bond donors (Lipinski definition) is 2. The first-order chi connectivity index (χ1) is 11.9. The van der Waals surface area contributed by atoms with Crippen molar-refractivity contribution in [2.45, 2.75) is 26.9 Å². The number of esters is 1. The number of aromatic amines is 1. The van der Waals surface area contributed by atoms with Gasteiger partial charge in [0.2, 0.25) is 0 Å². The number of nitrogens with one attached hydrogen (secondary N) is 2. The average molecular weight is 337 g/mol. The monoisotopic (exact) mass is 337 g/mol. The van der Waals surface area contributed by atoms with Crippen molar-refractivity contribution in [1.29, 1.82) is 0 Å². The maximum absolute atomic E-state index is 12.3. The highest BCUT2D eigenvalue weighted by Gasteiger charge is 2.19. The number of hydrogen-bond acceptors (Lipinski definition) is 4. The number of carbonyl (C=O) groups is 2. The highest BCUT2D eigenvalue weighted by Crippen LogP contribution is 2.16. The van der Waals surface area contributed by atoms with Crippen LogP contribution in [0.4, 0.5) is 5.69 Å². The summed E-state index contributed by atoms with van der Waals surface area (Å²) in [6.07, 6.45) is 0.644. The Labute approximate surface area is 145 Å². The molecule has 0 spiro atoms. The Kier molecular flexibility index (Phi) is 4.52. The third-order valence-electron chi connectivity index (χ3n) is 3.80. The molecule has 2 N–H and O–H groups in total. The van der Waals surface area contributed by atoms with Crippen LogP contribution in [0.5, 0.6) is 0 Å². The number of nitrogens with zero attached hydrogens (tertiary/aromatic N) is 1. The summed E-state index contributed by atoms with van der Waals surface area (Å²) >= 11 is 0. The summed E-state index contributed by atoms with van der Waals surface area (Å²) in [5.74, 6) is -0.930. The van der Waals surface area contributed by atoms with Crippen LogP contribution in [0.25, 0.3) is 11.0 Å². The standard InChI is InChI=1S/C19H19N3O3/c1-11-6-12(2)8-15(7-11)22-18(23)13(3)25-19(24)14-4-5-16-17(9-14)21-10-20-16/h4-10,13H,1-3H3,(H,20,21)(H,22,23). The Morgan fingerprint density at radius 3 is 2.56 bits per heavy atom. The molecule has 1 heterocycles. The van der Waals surface area contributed by atoms with Gasteiger partial charge in [0.25, 0.3) is 5.91 Å². The molecular formula is C19H19N3O3. The van der Waals surface area contributed by atoms with Crippen LogP contribution in [0, 0.1) is 13.8 Å². The number of anilines is 1. The summed E-state index contributed by atoms with van der Waals surface area (Å²) in [6.45, 7) is 5.46. The first kappa shape index (κ1) is 16.7. The average Bonchev–Trinajstić information content (AvgIpc) is 3.01. The zero-order valence-corrected chi connectivity index (χ0v) is 14.3. The lowest BCUT2D eigenvalue weighted by molar-refractivity contribution is -0.123. The van der Waals surface area contributed by atoms with Crippen molar-refractivity contribution in [3.8, 4) is 0 Å². The van der Waals surface area contributed by atoms with E-state index in [9.17, 15) is 9.59 Å². The third kappa shape index (κ3) is 3.85. The molecule has 1 amide bonds. The van der Waals surface area contributed by atoms with E-state index in [2.05, 4.69) is 15.3 Å². The van der Waals surface area contributed by atoms with Gasteiger partial charge in [-0.25, -0.2) is 9.78 Å². The van der Waals surface area contributed by atoms with Gasteiger partial charge in [-0.1, -0.05) is 6.07 Å². The Morgan fingerprint density at radius 2 is 1.84 bits per heavy atom. The van der Waals surface area contributed by atoms with E-state index in [0.717, 1.165) is 22.2 Å². The molecule has 1 unspecified atom stereocenters. The zero-order chi connectivity index (χ0) is 18.0. The van der Waals surface area contributed by atoms with E-state index >= 15 is 0 Å². The second-order valence-electron chi connectivity index (χ2n) is 6.05. The molecule has 1 atom stereocenters. The summed E-state index contributed by atoms with van der Waals surface area (Å²) in [5, 5.41) is 2.77. The van der Waals surface area contributed by atoms with Crippen molar-refractivity contribution >= 4 is 28.6 Å². The number of H-pyrrole nitrogens is 1. The van der Waals surface area contributed by atoms with Crippen molar-refractivity contribution in [3.63, 3.8) is 0 Å². The fraction of sp³-hybridized carbons (Fsp3) is 0.211. The third-order valence-corrected chi connectivity index (χ3v) is 3.80. The number of aryl methyl sites for hydroxylation is 2. The van der Waals surface area contributed by atoms with Gasteiger partial charge in [0.05, 0.1) is 22.9 Å². The van der Waals surface area contributed by atoms with Crippen molar-refractivity contribution < 1.29 is 14.3 Å². The van der Waals surface area contributed by atoms with Gasteiger partial charge in [-0.2, -0.15) is 0 Å². The van der Waals surface area contributed by atoms with E-state index in [1.54, 1.807) is 31.5 Å². The lowest BCUT2D eigenvalue weighted by Crippen LogP contribution is -2.30. The van der Waals surface area contributed by atoms with E-state index < -0.39 is 12.1 Å². The smallest absolute Gasteiger partial charge is 0.338 e. The molecule has 0 saturated heterocycles. The van der Waals surface area contributed by atoms with Crippen LogP contribution in [0.3, 0.4) is 0 Å². The Hall–Kier alpha value is -3.15. The highest BCUT2D eigenvalue weighted by molar-refractivity contribution is 5.98. The second-order valence-corrected chi connectivity index (χ2v) is 6.05. The molecular weight excluding hydrogens is 318 g/mol. The Morgan fingerprint density at radius 1 is 1.12 bits per heavy atom. The van der Waals surface area contributed by atoms with Gasteiger partial charge in [0.1, 0.15) is 0 Å². The van der Waals surface area contributed by atoms with Crippen LogP contribution in [0.2, 0.25) is 0 Å². The fourth-order valence-electron chi connectivity index (χ4n) is 2.64. The van der Waals surface area contributed by atoms with E-state index in [-0.39, 0.29) is 5.91 Å². The molecule has 0 aliphatic carbocycles. The topological polar surface area (TPSA) is 84.1 Å². The summed E-state index contributed by atoms with van der Waals surface area (Å²) in [6, 6.07) is 10.8. The number of aromatic nitrogens is 2. The maximum Gasteiger partial charge on any atom is 0.338 e. The largest absolute Gasteiger partial charge is 0.449 e. The molecule has 0 radical (unpaired) electrons. The normalized spacial score (nSPS) is 12.0. The van der Waals surface area contributed by atoms with Gasteiger partial charge >= 0.3 is 5.97 Å². The molecule has 0 saturated carbocycles. The first-order valence-corrected chi connectivity index (χ1v) is 7.95. The Bertz CT molecular complexity index is 926. The number of amides is 1. The second kappa shape index (κ2) is 6.76. The molecule has 0 aliphatic heterocycles. The summed E-state index contributed by atoms with van der Waals surface area (Å²) in [7, 11) is 0. The molecule has 0 bridgehead atoms. The van der Waals surface area contributed by atoms with Gasteiger partial charge in [-0.15, -0.1) is 0 Å². The van der Waals surface area contributed by atoms with Gasteiger partial charge in [-0.05, 0) is 62.2 Å². The molecule has 1 aromatic heterocycles. The molecule has 128 valence electrons. The molecule has 6 heteroatoms. The minimum Gasteiger partial charge on any atom is -0.449 e. The number of benzene rings is 2. The molecule has 0 aliphatic rings. The van der Waals surface area contributed by atoms with Crippen molar-refractivity contribution in [2.75, 3.05) is 5.32 Å². The molecule has 0 fully saturated rings. The molecule has 6 nitrogen and oxygen atoms in total. The maximum atomic E-state index is 12.3. The van der Waals surface area contributed by atoms with Gasteiger partial charge in [-0.3, -0.25) is 4.79 Å². The fourth-order valence-corrected chi connectivity index (χ4v) is 2.64.